The molecule has 0 unspecified atom stereocenters. The smallest absolute Gasteiger partial charge is 0.276 e. The Balaban J connectivity index is 1.52. The van der Waals surface area contributed by atoms with Gasteiger partial charge in [0.2, 0.25) is 0 Å². The minimum absolute atomic E-state index is 0.0542. The third kappa shape index (κ3) is 3.87. The van der Waals surface area contributed by atoms with Gasteiger partial charge in [-0.15, -0.1) is 0 Å². The molecule has 0 radical (unpaired) electrons. The minimum Gasteiger partial charge on any atom is -0.350 e. The second kappa shape index (κ2) is 7.98. The molecule has 4 aromatic rings. The maximum absolute atomic E-state index is 12.7. The number of benzene rings is 2. The number of hydrogen-bond acceptors (Lipinski definition) is 3. The molecule has 0 bridgehead atoms. The van der Waals surface area contributed by atoms with Crippen molar-refractivity contribution in [2.45, 2.75) is 6.54 Å². The summed E-state index contributed by atoms with van der Waals surface area (Å²) in [6.45, 7) is 0.403. The first-order valence-corrected chi connectivity index (χ1v) is 9.24. The van der Waals surface area contributed by atoms with Crippen molar-refractivity contribution in [3.63, 3.8) is 0 Å². The number of hydrazone groups is 1. The molecule has 6 heteroatoms. The Bertz CT molecular complexity index is 1250. The van der Waals surface area contributed by atoms with Gasteiger partial charge in [0, 0.05) is 35.9 Å². The first-order chi connectivity index (χ1) is 14.1. The molecule has 2 heterocycles. The van der Waals surface area contributed by atoms with Gasteiger partial charge in [0.1, 0.15) is 5.56 Å². The van der Waals surface area contributed by atoms with E-state index in [-0.39, 0.29) is 11.1 Å². The molecule has 1 amide bonds. The summed E-state index contributed by atoms with van der Waals surface area (Å²) in [4.78, 5) is 25.2. The van der Waals surface area contributed by atoms with E-state index in [9.17, 15) is 9.59 Å². The lowest BCUT2D eigenvalue weighted by Crippen LogP contribution is -2.30. The van der Waals surface area contributed by atoms with Gasteiger partial charge < -0.3 is 9.13 Å². The van der Waals surface area contributed by atoms with Crippen LogP contribution in [0.3, 0.4) is 0 Å². The van der Waals surface area contributed by atoms with Crippen LogP contribution in [0.4, 0.5) is 0 Å². The predicted molar refractivity (Wildman–Crippen MR) is 114 cm³/mol. The molecule has 144 valence electrons. The second-order valence-electron chi connectivity index (χ2n) is 6.75. The van der Waals surface area contributed by atoms with Crippen LogP contribution in [-0.2, 0) is 13.6 Å². The molecule has 4 rings (SSSR count). The monoisotopic (exact) mass is 384 g/mol. The molecule has 0 fully saturated rings. The maximum atomic E-state index is 12.7. The standard InChI is InChI=1S/C23H20N4O2/c1-26-16-18(19-10-5-6-12-21(19)26)14-24-25-22(28)20-11-7-13-27(23(20)29)15-17-8-3-2-4-9-17/h2-14,16H,15H2,1H3,(H,25,28)/b24-14-. The molecule has 2 aromatic heterocycles. The molecule has 0 saturated heterocycles. The molecular formula is C23H20N4O2. The van der Waals surface area contributed by atoms with Gasteiger partial charge in [0.15, 0.2) is 0 Å². The van der Waals surface area contributed by atoms with Gasteiger partial charge in [-0.2, -0.15) is 5.10 Å². The summed E-state index contributed by atoms with van der Waals surface area (Å²) in [5, 5.41) is 5.09. The highest BCUT2D eigenvalue weighted by molar-refractivity contribution is 6.00. The number of pyridine rings is 1. The Kier molecular flexibility index (Phi) is 5.07. The topological polar surface area (TPSA) is 68.4 Å². The third-order valence-electron chi connectivity index (χ3n) is 4.76. The van der Waals surface area contributed by atoms with Crippen LogP contribution in [-0.4, -0.2) is 21.3 Å². The van der Waals surface area contributed by atoms with Gasteiger partial charge in [-0.1, -0.05) is 48.5 Å². The lowest BCUT2D eigenvalue weighted by atomic mass is 10.2. The van der Waals surface area contributed by atoms with Crippen LogP contribution in [0.15, 0.2) is 89.0 Å². The van der Waals surface area contributed by atoms with E-state index in [4.69, 9.17) is 0 Å². The lowest BCUT2D eigenvalue weighted by Gasteiger charge is -2.07. The fourth-order valence-corrected chi connectivity index (χ4v) is 3.31. The van der Waals surface area contributed by atoms with Crippen molar-refractivity contribution in [1.29, 1.82) is 0 Å². The highest BCUT2D eigenvalue weighted by Gasteiger charge is 2.12. The Morgan fingerprint density at radius 2 is 1.79 bits per heavy atom. The maximum Gasteiger partial charge on any atom is 0.276 e. The van der Waals surface area contributed by atoms with E-state index < -0.39 is 5.91 Å². The number of aryl methyl sites for hydroxylation is 1. The molecular weight excluding hydrogens is 364 g/mol. The molecule has 0 aliphatic rings. The first-order valence-electron chi connectivity index (χ1n) is 9.24. The number of hydrogen-bond donors (Lipinski definition) is 1. The number of rotatable bonds is 5. The van der Waals surface area contributed by atoms with E-state index >= 15 is 0 Å². The van der Waals surface area contributed by atoms with Gasteiger partial charge in [0.25, 0.3) is 11.5 Å². The van der Waals surface area contributed by atoms with Gasteiger partial charge in [-0.05, 0) is 23.8 Å². The average Bonchev–Trinajstić information content (AvgIpc) is 3.06. The van der Waals surface area contributed by atoms with Crippen molar-refractivity contribution >= 4 is 23.0 Å². The molecule has 0 aliphatic heterocycles. The summed E-state index contributed by atoms with van der Waals surface area (Å²) in [5.74, 6) is -0.533. The average molecular weight is 384 g/mol. The normalized spacial score (nSPS) is 11.2. The number of nitrogens with one attached hydrogen (secondary N) is 1. The largest absolute Gasteiger partial charge is 0.350 e. The van der Waals surface area contributed by atoms with E-state index in [0.29, 0.717) is 6.54 Å². The summed E-state index contributed by atoms with van der Waals surface area (Å²) in [7, 11) is 1.96. The lowest BCUT2D eigenvalue weighted by molar-refractivity contribution is 0.0953. The molecule has 0 saturated carbocycles. The number of fused-ring (bicyclic) bond motifs is 1. The van der Waals surface area contributed by atoms with Crippen LogP contribution in [0, 0.1) is 0 Å². The zero-order valence-corrected chi connectivity index (χ0v) is 15.9. The van der Waals surface area contributed by atoms with Crippen molar-refractivity contribution in [1.82, 2.24) is 14.6 Å². The van der Waals surface area contributed by atoms with E-state index in [2.05, 4.69) is 10.5 Å². The van der Waals surface area contributed by atoms with Crippen LogP contribution in [0.1, 0.15) is 21.5 Å². The van der Waals surface area contributed by atoms with Gasteiger partial charge >= 0.3 is 0 Å². The number of nitrogens with zero attached hydrogens (tertiary/aromatic N) is 3. The summed E-state index contributed by atoms with van der Waals surface area (Å²) in [6, 6.07) is 20.8. The van der Waals surface area contributed by atoms with Crippen molar-refractivity contribution in [3.05, 3.63) is 106 Å². The number of para-hydroxylation sites is 1. The summed E-state index contributed by atoms with van der Waals surface area (Å²) in [5.41, 5.74) is 5.11. The quantitative estimate of drug-likeness (QED) is 0.424. The fraction of sp³-hybridized carbons (Fsp3) is 0.0870. The van der Waals surface area contributed by atoms with Crippen molar-refractivity contribution in [2.75, 3.05) is 0 Å². The first kappa shape index (κ1) is 18.4. The molecule has 0 aliphatic carbocycles. The minimum atomic E-state index is -0.533. The Labute approximate surface area is 167 Å². The third-order valence-corrected chi connectivity index (χ3v) is 4.76. The van der Waals surface area contributed by atoms with E-state index in [1.54, 1.807) is 18.5 Å². The summed E-state index contributed by atoms with van der Waals surface area (Å²) in [6.07, 6.45) is 5.20. The van der Waals surface area contributed by atoms with Crippen LogP contribution >= 0.6 is 0 Å². The van der Waals surface area contributed by atoms with E-state index in [1.165, 1.54) is 10.6 Å². The molecule has 1 N–H and O–H groups in total. The number of carbonyl (C=O) groups is 1. The number of aromatic nitrogens is 2. The number of carbonyl (C=O) groups excluding carboxylic acids is 1. The Hall–Kier alpha value is -3.93. The van der Waals surface area contributed by atoms with Crippen LogP contribution in [0.25, 0.3) is 10.9 Å². The highest BCUT2D eigenvalue weighted by Crippen LogP contribution is 2.18. The molecule has 0 atom stereocenters. The van der Waals surface area contributed by atoms with Crippen molar-refractivity contribution in [3.8, 4) is 0 Å². The summed E-state index contributed by atoms with van der Waals surface area (Å²) < 4.78 is 3.51. The Morgan fingerprint density at radius 1 is 1.03 bits per heavy atom. The van der Waals surface area contributed by atoms with E-state index in [1.807, 2.05) is 72.4 Å². The SMILES string of the molecule is Cn1cc(/C=N\NC(=O)c2cccn(Cc3ccccc3)c2=O)c2ccccc21. The predicted octanol–water partition coefficient (Wildman–Crippen LogP) is 3.15. The van der Waals surface area contributed by atoms with Gasteiger partial charge in [-0.3, -0.25) is 9.59 Å². The Morgan fingerprint density at radius 3 is 2.62 bits per heavy atom. The zero-order chi connectivity index (χ0) is 20.2. The van der Waals surface area contributed by atoms with Crippen LogP contribution < -0.4 is 11.0 Å². The van der Waals surface area contributed by atoms with Gasteiger partial charge in [-0.25, -0.2) is 5.43 Å². The van der Waals surface area contributed by atoms with E-state index in [0.717, 1.165) is 22.0 Å². The van der Waals surface area contributed by atoms with Gasteiger partial charge in [0.05, 0.1) is 12.8 Å². The zero-order valence-electron chi connectivity index (χ0n) is 15.9. The molecule has 6 nitrogen and oxygen atoms in total. The molecule has 0 spiro atoms. The molecule has 2 aromatic carbocycles. The fourth-order valence-electron chi connectivity index (χ4n) is 3.31. The van der Waals surface area contributed by atoms with Crippen LogP contribution in [0.5, 0.6) is 0 Å². The van der Waals surface area contributed by atoms with Crippen molar-refractivity contribution in [2.24, 2.45) is 12.1 Å². The highest BCUT2D eigenvalue weighted by atomic mass is 16.2. The van der Waals surface area contributed by atoms with Crippen molar-refractivity contribution < 1.29 is 4.79 Å². The number of amides is 1. The molecule has 29 heavy (non-hydrogen) atoms. The second-order valence-corrected chi connectivity index (χ2v) is 6.75. The summed E-state index contributed by atoms with van der Waals surface area (Å²) >= 11 is 0. The van der Waals surface area contributed by atoms with Crippen LogP contribution in [0.2, 0.25) is 0 Å².